The van der Waals surface area contributed by atoms with Crippen molar-refractivity contribution in [3.05, 3.63) is 71.4 Å². The molecule has 1 heterocycles. The van der Waals surface area contributed by atoms with Gasteiger partial charge < -0.3 is 9.30 Å². The van der Waals surface area contributed by atoms with E-state index in [4.69, 9.17) is 4.74 Å². The summed E-state index contributed by atoms with van der Waals surface area (Å²) < 4.78 is 6.84. The number of fused-ring (bicyclic) bond motifs is 1. The molecule has 1 amide bonds. The Bertz CT molecular complexity index is 1000. The highest BCUT2D eigenvalue weighted by atomic mass is 16.5. The zero-order valence-electron chi connectivity index (χ0n) is 15.3. The third-order valence-corrected chi connectivity index (χ3v) is 4.07. The minimum Gasteiger partial charge on any atom is -0.465 e. The van der Waals surface area contributed by atoms with Gasteiger partial charge in [-0.15, -0.1) is 0 Å². The fraction of sp³-hybridized carbons (Fsp3) is 0.190. The lowest BCUT2D eigenvalue weighted by atomic mass is 10.1. The monoisotopic (exact) mass is 363 g/mol. The first-order valence-corrected chi connectivity index (χ1v) is 8.72. The smallest absolute Gasteiger partial charge is 0.325 e. The highest BCUT2D eigenvalue weighted by molar-refractivity contribution is 6.01. The maximum atomic E-state index is 12.2. The Labute approximate surface area is 157 Å². The van der Waals surface area contributed by atoms with E-state index >= 15 is 0 Å². The summed E-state index contributed by atoms with van der Waals surface area (Å²) in [6, 6.07) is 15.0. The van der Waals surface area contributed by atoms with Gasteiger partial charge in [0.2, 0.25) is 0 Å². The number of rotatable bonds is 6. The molecule has 0 spiro atoms. The molecule has 0 saturated carbocycles. The van der Waals surface area contributed by atoms with Gasteiger partial charge in [-0.2, -0.15) is 5.10 Å². The molecule has 3 aromatic rings. The number of para-hydroxylation sites is 1. The van der Waals surface area contributed by atoms with E-state index in [1.807, 2.05) is 54.1 Å². The highest BCUT2D eigenvalue weighted by Gasteiger charge is 2.10. The van der Waals surface area contributed by atoms with Gasteiger partial charge in [-0.05, 0) is 32.0 Å². The molecule has 6 nitrogen and oxygen atoms in total. The minimum atomic E-state index is -0.297. The third-order valence-electron chi connectivity index (χ3n) is 4.07. The summed E-state index contributed by atoms with van der Waals surface area (Å²) in [6.45, 7) is 4.17. The average Bonchev–Trinajstić information content (AvgIpc) is 2.99. The summed E-state index contributed by atoms with van der Waals surface area (Å²) in [5.74, 6) is -0.570. The van der Waals surface area contributed by atoms with Gasteiger partial charge >= 0.3 is 5.97 Å². The summed E-state index contributed by atoms with van der Waals surface area (Å²) in [4.78, 5) is 24.0. The Hall–Kier alpha value is -3.41. The van der Waals surface area contributed by atoms with E-state index in [9.17, 15) is 9.59 Å². The molecule has 138 valence electrons. The summed E-state index contributed by atoms with van der Waals surface area (Å²) in [5.41, 5.74) is 5.81. The van der Waals surface area contributed by atoms with Crippen LogP contribution < -0.4 is 5.43 Å². The fourth-order valence-electron chi connectivity index (χ4n) is 2.87. The van der Waals surface area contributed by atoms with Crippen LogP contribution in [-0.4, -0.2) is 29.3 Å². The first-order valence-electron chi connectivity index (χ1n) is 8.72. The molecule has 1 N–H and O–H groups in total. The van der Waals surface area contributed by atoms with Gasteiger partial charge in [0, 0.05) is 28.2 Å². The number of carbonyl (C=O) groups excluding carboxylic acids is 2. The second kappa shape index (κ2) is 8.31. The van der Waals surface area contributed by atoms with Gasteiger partial charge in [0.15, 0.2) is 0 Å². The zero-order chi connectivity index (χ0) is 19.2. The van der Waals surface area contributed by atoms with E-state index in [0.29, 0.717) is 12.2 Å². The number of benzene rings is 2. The van der Waals surface area contributed by atoms with Crippen LogP contribution in [0.5, 0.6) is 0 Å². The number of carbonyl (C=O) groups is 2. The van der Waals surface area contributed by atoms with Gasteiger partial charge in [0.25, 0.3) is 5.91 Å². The van der Waals surface area contributed by atoms with Crippen molar-refractivity contribution in [2.75, 3.05) is 6.61 Å². The van der Waals surface area contributed by atoms with Crippen molar-refractivity contribution in [1.82, 2.24) is 9.99 Å². The van der Waals surface area contributed by atoms with Crippen LogP contribution in [0, 0.1) is 6.92 Å². The molecule has 2 aromatic carbocycles. The number of hydrogen-bond donors (Lipinski definition) is 1. The number of nitrogens with zero attached hydrogens (tertiary/aromatic N) is 2. The summed E-state index contributed by atoms with van der Waals surface area (Å²) in [5, 5.41) is 5.01. The topological polar surface area (TPSA) is 72.7 Å². The Balaban J connectivity index is 1.79. The molecule has 6 heteroatoms. The SMILES string of the molecule is CCOC(=O)Cn1cc(/C=N\NC(=O)c2cccc(C)c2)c2ccccc21. The van der Waals surface area contributed by atoms with Crippen molar-refractivity contribution in [1.29, 1.82) is 0 Å². The predicted molar refractivity (Wildman–Crippen MR) is 105 cm³/mol. The largest absolute Gasteiger partial charge is 0.465 e. The quantitative estimate of drug-likeness (QED) is 0.415. The van der Waals surface area contributed by atoms with E-state index in [2.05, 4.69) is 10.5 Å². The van der Waals surface area contributed by atoms with Crippen molar-refractivity contribution >= 4 is 29.0 Å². The van der Waals surface area contributed by atoms with Gasteiger partial charge in [-0.1, -0.05) is 35.9 Å². The molecule has 0 aliphatic heterocycles. The molecule has 0 saturated heterocycles. The summed E-state index contributed by atoms with van der Waals surface area (Å²) in [7, 11) is 0. The van der Waals surface area contributed by atoms with Crippen molar-refractivity contribution in [2.45, 2.75) is 20.4 Å². The van der Waals surface area contributed by atoms with Crippen molar-refractivity contribution in [2.24, 2.45) is 5.10 Å². The molecule has 0 aliphatic rings. The fourth-order valence-corrected chi connectivity index (χ4v) is 2.87. The van der Waals surface area contributed by atoms with Crippen LogP contribution in [0.1, 0.15) is 28.4 Å². The second-order valence-electron chi connectivity index (χ2n) is 6.10. The number of hydrazone groups is 1. The van der Waals surface area contributed by atoms with Crippen LogP contribution >= 0.6 is 0 Å². The Kier molecular flexibility index (Phi) is 5.66. The van der Waals surface area contributed by atoms with Gasteiger partial charge in [-0.25, -0.2) is 5.43 Å². The van der Waals surface area contributed by atoms with Crippen LogP contribution in [-0.2, 0) is 16.1 Å². The molecule has 3 rings (SSSR count). The van der Waals surface area contributed by atoms with Crippen molar-refractivity contribution < 1.29 is 14.3 Å². The van der Waals surface area contributed by atoms with Gasteiger partial charge in [0.1, 0.15) is 6.54 Å². The molecule has 27 heavy (non-hydrogen) atoms. The van der Waals surface area contributed by atoms with Crippen molar-refractivity contribution in [3.8, 4) is 0 Å². The summed E-state index contributed by atoms with van der Waals surface area (Å²) >= 11 is 0. The summed E-state index contributed by atoms with van der Waals surface area (Å²) in [6.07, 6.45) is 3.40. The van der Waals surface area contributed by atoms with Gasteiger partial charge in [0.05, 0.1) is 12.8 Å². The van der Waals surface area contributed by atoms with E-state index in [1.165, 1.54) is 0 Å². The van der Waals surface area contributed by atoms with E-state index in [1.54, 1.807) is 25.3 Å². The molecular weight excluding hydrogens is 342 g/mol. The molecule has 0 aliphatic carbocycles. The predicted octanol–water partition coefficient (Wildman–Crippen LogP) is 3.28. The lowest BCUT2D eigenvalue weighted by Crippen LogP contribution is -2.17. The standard InChI is InChI=1S/C21H21N3O3/c1-3-27-20(25)14-24-13-17(18-9-4-5-10-19(18)24)12-22-23-21(26)16-8-6-7-15(2)11-16/h4-13H,3,14H2,1-2H3,(H,23,26)/b22-12-. The Morgan fingerprint density at radius 1 is 1.19 bits per heavy atom. The van der Waals surface area contributed by atoms with E-state index in [-0.39, 0.29) is 18.4 Å². The lowest BCUT2D eigenvalue weighted by Gasteiger charge is -2.04. The number of nitrogens with one attached hydrogen (secondary N) is 1. The van der Waals surface area contributed by atoms with Crippen LogP contribution in [0.25, 0.3) is 10.9 Å². The Morgan fingerprint density at radius 2 is 2.00 bits per heavy atom. The normalized spacial score (nSPS) is 11.0. The van der Waals surface area contributed by atoms with Crippen LogP contribution in [0.3, 0.4) is 0 Å². The van der Waals surface area contributed by atoms with E-state index < -0.39 is 0 Å². The highest BCUT2D eigenvalue weighted by Crippen LogP contribution is 2.20. The van der Waals surface area contributed by atoms with Crippen LogP contribution in [0.15, 0.2) is 59.8 Å². The number of esters is 1. The molecule has 1 aromatic heterocycles. The second-order valence-corrected chi connectivity index (χ2v) is 6.10. The van der Waals surface area contributed by atoms with Crippen LogP contribution in [0.4, 0.5) is 0 Å². The third kappa shape index (κ3) is 4.41. The molecule has 0 unspecified atom stereocenters. The first kappa shape index (κ1) is 18.4. The number of amides is 1. The molecule has 0 bridgehead atoms. The average molecular weight is 363 g/mol. The van der Waals surface area contributed by atoms with Crippen LogP contribution in [0.2, 0.25) is 0 Å². The lowest BCUT2D eigenvalue weighted by molar-refractivity contribution is -0.143. The number of hydrogen-bond acceptors (Lipinski definition) is 4. The maximum absolute atomic E-state index is 12.2. The van der Waals surface area contributed by atoms with Crippen molar-refractivity contribution in [3.63, 3.8) is 0 Å². The number of aryl methyl sites for hydroxylation is 1. The molecule has 0 radical (unpaired) electrons. The minimum absolute atomic E-state index is 0.123. The molecular formula is C21H21N3O3. The van der Waals surface area contributed by atoms with E-state index in [0.717, 1.165) is 22.0 Å². The maximum Gasteiger partial charge on any atom is 0.325 e. The molecule has 0 atom stereocenters. The number of ether oxygens (including phenoxy) is 1. The van der Waals surface area contributed by atoms with Gasteiger partial charge in [-0.3, -0.25) is 9.59 Å². The number of aromatic nitrogens is 1. The Morgan fingerprint density at radius 3 is 2.78 bits per heavy atom. The zero-order valence-corrected chi connectivity index (χ0v) is 15.3. The first-order chi connectivity index (χ1) is 13.1. The molecule has 0 fully saturated rings.